The van der Waals surface area contributed by atoms with Crippen LogP contribution in [0.4, 0.5) is 5.69 Å². The zero-order chi connectivity index (χ0) is 31.6. The minimum absolute atomic E-state index is 0.194. The van der Waals surface area contributed by atoms with Crippen LogP contribution >= 0.6 is 22.6 Å². The van der Waals surface area contributed by atoms with Crippen LogP contribution in [0.3, 0.4) is 0 Å². The lowest BCUT2D eigenvalue weighted by molar-refractivity contribution is -0.0257. The lowest BCUT2D eigenvalue weighted by Gasteiger charge is -2.09. The zero-order valence-electron chi connectivity index (χ0n) is 26.4. The number of rotatable bonds is 34. The van der Waals surface area contributed by atoms with Crippen LogP contribution in [-0.4, -0.2) is 142 Å². The quantitative estimate of drug-likeness (QED) is 0.0481. The Labute approximate surface area is 277 Å². The van der Waals surface area contributed by atoms with Crippen LogP contribution in [0.15, 0.2) is 24.3 Å². The smallest absolute Gasteiger partial charge is 0.338 e. The molecule has 0 aliphatic rings. The maximum Gasteiger partial charge on any atom is 0.338 e. The summed E-state index contributed by atoms with van der Waals surface area (Å²) in [4.78, 5) is 12.1. The van der Waals surface area contributed by atoms with Crippen molar-refractivity contribution in [1.29, 1.82) is 0 Å². The molecule has 12 nitrogen and oxygen atoms in total. The Morgan fingerprint density at radius 2 is 0.886 bits per heavy atom. The molecule has 0 aliphatic carbocycles. The number of hydrogen-bond donors (Lipinski definition) is 1. The summed E-state index contributed by atoms with van der Waals surface area (Å²) in [6.07, 6.45) is 2.25. The summed E-state index contributed by atoms with van der Waals surface area (Å²) in [6, 6.07) is 7.30. The average Bonchev–Trinajstić information content (AvgIpc) is 3.04. The highest BCUT2D eigenvalue weighted by molar-refractivity contribution is 14.1. The predicted molar refractivity (Wildman–Crippen MR) is 176 cm³/mol. The SMILES string of the molecule is CCCCNc1ccc(C(=O)OCCOCCOCCOCCOCCOCCOCCOCCOCCOCCI)cc1. The molecular weight excluding hydrogens is 689 g/mol. The molecule has 256 valence electrons. The van der Waals surface area contributed by atoms with Gasteiger partial charge in [0.2, 0.25) is 0 Å². The van der Waals surface area contributed by atoms with Gasteiger partial charge in [0.05, 0.1) is 124 Å². The van der Waals surface area contributed by atoms with E-state index in [2.05, 4.69) is 34.8 Å². The number of esters is 1. The van der Waals surface area contributed by atoms with Gasteiger partial charge in [-0.25, -0.2) is 4.79 Å². The first-order valence-corrected chi connectivity index (χ1v) is 17.1. The average molecular weight is 744 g/mol. The van der Waals surface area contributed by atoms with Crippen molar-refractivity contribution < 1.29 is 52.2 Å². The van der Waals surface area contributed by atoms with Crippen LogP contribution < -0.4 is 5.32 Å². The molecule has 0 aliphatic heterocycles. The molecule has 0 saturated carbocycles. The van der Waals surface area contributed by atoms with E-state index in [1.807, 2.05) is 12.1 Å². The van der Waals surface area contributed by atoms with E-state index in [4.69, 9.17) is 47.4 Å². The highest BCUT2D eigenvalue weighted by atomic mass is 127. The fourth-order valence-electron chi connectivity index (χ4n) is 3.33. The van der Waals surface area contributed by atoms with Gasteiger partial charge in [-0.15, -0.1) is 0 Å². The van der Waals surface area contributed by atoms with Crippen LogP contribution in [0.25, 0.3) is 0 Å². The summed E-state index contributed by atoms with van der Waals surface area (Å²) in [5.41, 5.74) is 1.52. The fraction of sp³-hybridized carbons (Fsp3) is 0.774. The van der Waals surface area contributed by atoms with Crippen molar-refractivity contribution in [3.63, 3.8) is 0 Å². The van der Waals surface area contributed by atoms with Crippen molar-refractivity contribution in [2.24, 2.45) is 0 Å². The number of anilines is 1. The number of hydrogen-bond acceptors (Lipinski definition) is 12. The van der Waals surface area contributed by atoms with Crippen LogP contribution in [0.2, 0.25) is 0 Å². The first kappa shape index (κ1) is 40.9. The molecule has 1 N–H and O–H groups in total. The van der Waals surface area contributed by atoms with Crippen molar-refractivity contribution >= 4 is 34.2 Å². The normalized spacial score (nSPS) is 11.2. The zero-order valence-corrected chi connectivity index (χ0v) is 28.6. The molecule has 0 heterocycles. The van der Waals surface area contributed by atoms with Gasteiger partial charge in [-0.05, 0) is 30.7 Å². The second-order valence-electron chi connectivity index (χ2n) is 9.19. The van der Waals surface area contributed by atoms with E-state index in [9.17, 15) is 4.79 Å². The summed E-state index contributed by atoms with van der Waals surface area (Å²) in [5, 5.41) is 3.32. The lowest BCUT2D eigenvalue weighted by atomic mass is 10.2. The number of unbranched alkanes of at least 4 members (excludes halogenated alkanes) is 1. The van der Waals surface area contributed by atoms with Crippen molar-refractivity contribution in [2.45, 2.75) is 19.8 Å². The van der Waals surface area contributed by atoms with Gasteiger partial charge >= 0.3 is 5.97 Å². The van der Waals surface area contributed by atoms with Gasteiger partial charge in [0.25, 0.3) is 0 Å². The van der Waals surface area contributed by atoms with E-state index in [1.165, 1.54) is 0 Å². The number of halogens is 1. The molecule has 0 saturated heterocycles. The first-order chi connectivity index (χ1) is 21.8. The van der Waals surface area contributed by atoms with Gasteiger partial charge in [0.15, 0.2) is 0 Å². The van der Waals surface area contributed by atoms with E-state index in [-0.39, 0.29) is 12.6 Å². The van der Waals surface area contributed by atoms with Gasteiger partial charge in [0.1, 0.15) is 6.61 Å². The van der Waals surface area contributed by atoms with E-state index in [1.54, 1.807) is 12.1 Å². The highest BCUT2D eigenvalue weighted by Crippen LogP contribution is 2.10. The third kappa shape index (κ3) is 27.2. The number of carbonyl (C=O) groups excluding carboxylic acids is 1. The Bertz CT molecular complexity index is 746. The third-order valence-electron chi connectivity index (χ3n) is 5.64. The lowest BCUT2D eigenvalue weighted by Crippen LogP contribution is -2.15. The second-order valence-corrected chi connectivity index (χ2v) is 10.3. The van der Waals surface area contributed by atoms with Gasteiger partial charge in [-0.1, -0.05) is 35.9 Å². The molecule has 0 amide bonds. The Hall–Kier alpha value is -1.14. The molecule has 0 radical (unpaired) electrons. The summed E-state index contributed by atoms with van der Waals surface area (Å²) in [5.74, 6) is -0.358. The van der Waals surface area contributed by atoms with Crippen LogP contribution in [0.5, 0.6) is 0 Å². The second kappa shape index (κ2) is 33.2. The molecule has 0 fully saturated rings. The number of ether oxygens (including phenoxy) is 10. The summed E-state index contributed by atoms with van der Waals surface area (Å²) >= 11 is 2.28. The molecule has 13 heteroatoms. The fourth-order valence-corrected chi connectivity index (χ4v) is 3.64. The molecule has 44 heavy (non-hydrogen) atoms. The summed E-state index contributed by atoms with van der Waals surface area (Å²) in [7, 11) is 0. The Morgan fingerprint density at radius 1 is 0.545 bits per heavy atom. The van der Waals surface area contributed by atoms with Gasteiger partial charge in [0, 0.05) is 16.7 Å². The highest BCUT2D eigenvalue weighted by Gasteiger charge is 2.06. The van der Waals surface area contributed by atoms with Crippen LogP contribution in [0, 0.1) is 0 Å². The van der Waals surface area contributed by atoms with Crippen molar-refractivity contribution in [1.82, 2.24) is 0 Å². The van der Waals surface area contributed by atoms with Gasteiger partial charge in [-0.2, -0.15) is 0 Å². The van der Waals surface area contributed by atoms with E-state index in [0.717, 1.165) is 36.1 Å². The first-order valence-electron chi connectivity index (χ1n) is 15.5. The Morgan fingerprint density at radius 3 is 1.23 bits per heavy atom. The minimum atomic E-state index is -0.358. The maximum absolute atomic E-state index is 12.1. The molecule has 0 spiro atoms. The topological polar surface area (TPSA) is 121 Å². The summed E-state index contributed by atoms with van der Waals surface area (Å²) < 4.78 is 55.2. The van der Waals surface area contributed by atoms with Gasteiger partial charge < -0.3 is 52.7 Å². The van der Waals surface area contributed by atoms with Crippen LogP contribution in [0.1, 0.15) is 30.1 Å². The summed E-state index contributed by atoms with van der Waals surface area (Å²) in [6.45, 7) is 12.6. The Kier molecular flexibility index (Phi) is 30.9. The van der Waals surface area contributed by atoms with Crippen molar-refractivity contribution in [2.75, 3.05) is 142 Å². The number of carbonyl (C=O) groups is 1. The van der Waals surface area contributed by atoms with Crippen molar-refractivity contribution in [3.8, 4) is 0 Å². The molecule has 1 aromatic rings. The van der Waals surface area contributed by atoms with E-state index >= 15 is 0 Å². The predicted octanol–water partition coefficient (Wildman–Crippen LogP) is 3.64. The molecule has 0 aromatic heterocycles. The maximum atomic E-state index is 12.1. The molecule has 0 atom stereocenters. The van der Waals surface area contributed by atoms with E-state index in [0.29, 0.717) is 118 Å². The molecular formula is C31H54INO11. The van der Waals surface area contributed by atoms with Gasteiger partial charge in [-0.3, -0.25) is 0 Å². The van der Waals surface area contributed by atoms with Crippen molar-refractivity contribution in [3.05, 3.63) is 29.8 Å². The molecule has 0 unspecified atom stereocenters. The monoisotopic (exact) mass is 743 g/mol. The molecule has 0 bridgehead atoms. The number of benzene rings is 1. The Balaban J connectivity index is 1.72. The minimum Gasteiger partial charge on any atom is -0.460 e. The number of nitrogens with one attached hydrogen (secondary N) is 1. The molecule has 1 rings (SSSR count). The molecule has 1 aromatic carbocycles. The largest absolute Gasteiger partial charge is 0.460 e. The van der Waals surface area contributed by atoms with E-state index < -0.39 is 0 Å². The standard InChI is InChI=1S/C31H54INO11/c1-2-3-9-33-30-6-4-29(5-7-30)31(34)44-28-27-43-26-25-42-24-23-41-22-21-40-20-19-39-18-17-38-16-15-37-14-13-36-12-11-35-10-8-32/h4-7,33H,2-3,8-28H2,1H3. The number of alkyl halides is 1. The van der Waals surface area contributed by atoms with Crippen LogP contribution in [-0.2, 0) is 47.4 Å². The third-order valence-corrected chi connectivity index (χ3v) is 6.08.